The Balaban J connectivity index is 1.93. The molecule has 1 saturated heterocycles. The standard InChI is InChI=1S/C15H24N2/c1-12-9-13(2)17(11-12)8-7-14-5-3-4-6-15(14)10-16/h3-6,12-13H,7-11,16H2,1-2H3. The molecule has 1 aromatic rings. The minimum atomic E-state index is 0.655. The largest absolute Gasteiger partial charge is 0.326 e. The third-order valence-electron chi connectivity index (χ3n) is 3.92. The second kappa shape index (κ2) is 5.65. The molecule has 0 saturated carbocycles. The molecular formula is C15H24N2. The van der Waals surface area contributed by atoms with Crippen molar-refractivity contribution in [2.75, 3.05) is 13.1 Å². The Labute approximate surface area is 105 Å². The van der Waals surface area contributed by atoms with Crippen molar-refractivity contribution in [3.05, 3.63) is 35.4 Å². The molecule has 2 rings (SSSR count). The van der Waals surface area contributed by atoms with Crippen molar-refractivity contribution in [2.24, 2.45) is 11.7 Å². The molecule has 1 aliphatic heterocycles. The van der Waals surface area contributed by atoms with Gasteiger partial charge in [-0.1, -0.05) is 31.2 Å². The van der Waals surface area contributed by atoms with Gasteiger partial charge in [0, 0.05) is 25.7 Å². The van der Waals surface area contributed by atoms with E-state index < -0.39 is 0 Å². The normalized spacial score (nSPS) is 25.4. The summed E-state index contributed by atoms with van der Waals surface area (Å²) in [5, 5.41) is 0. The first-order chi connectivity index (χ1) is 8.20. The summed E-state index contributed by atoms with van der Waals surface area (Å²) < 4.78 is 0. The molecule has 0 amide bonds. The van der Waals surface area contributed by atoms with Crippen LogP contribution in [0.3, 0.4) is 0 Å². The molecule has 0 radical (unpaired) electrons. The summed E-state index contributed by atoms with van der Waals surface area (Å²) in [7, 11) is 0. The Bertz CT molecular complexity index is 362. The van der Waals surface area contributed by atoms with E-state index in [0.717, 1.165) is 18.4 Å². The molecule has 1 aromatic carbocycles. The van der Waals surface area contributed by atoms with Gasteiger partial charge in [-0.2, -0.15) is 0 Å². The van der Waals surface area contributed by atoms with E-state index in [1.807, 2.05) is 0 Å². The van der Waals surface area contributed by atoms with E-state index in [1.165, 1.54) is 30.6 Å². The quantitative estimate of drug-likeness (QED) is 0.864. The lowest BCUT2D eigenvalue weighted by Crippen LogP contribution is -2.29. The van der Waals surface area contributed by atoms with Gasteiger partial charge in [0.15, 0.2) is 0 Å². The van der Waals surface area contributed by atoms with E-state index in [0.29, 0.717) is 6.54 Å². The van der Waals surface area contributed by atoms with Crippen molar-refractivity contribution in [3.8, 4) is 0 Å². The zero-order valence-corrected chi connectivity index (χ0v) is 11.0. The fourth-order valence-corrected chi connectivity index (χ4v) is 2.96. The summed E-state index contributed by atoms with van der Waals surface area (Å²) >= 11 is 0. The fourth-order valence-electron chi connectivity index (χ4n) is 2.96. The maximum atomic E-state index is 5.77. The van der Waals surface area contributed by atoms with E-state index in [1.54, 1.807) is 0 Å². The van der Waals surface area contributed by atoms with Gasteiger partial charge in [-0.15, -0.1) is 0 Å². The average molecular weight is 232 g/mol. The van der Waals surface area contributed by atoms with Crippen molar-refractivity contribution >= 4 is 0 Å². The van der Waals surface area contributed by atoms with Crippen LogP contribution in [-0.2, 0) is 13.0 Å². The van der Waals surface area contributed by atoms with E-state index in [9.17, 15) is 0 Å². The van der Waals surface area contributed by atoms with Gasteiger partial charge in [0.25, 0.3) is 0 Å². The van der Waals surface area contributed by atoms with E-state index >= 15 is 0 Å². The van der Waals surface area contributed by atoms with Gasteiger partial charge in [-0.3, -0.25) is 0 Å². The monoisotopic (exact) mass is 232 g/mol. The van der Waals surface area contributed by atoms with Gasteiger partial charge in [0.2, 0.25) is 0 Å². The van der Waals surface area contributed by atoms with Crippen LogP contribution in [0.5, 0.6) is 0 Å². The maximum Gasteiger partial charge on any atom is 0.0180 e. The van der Waals surface area contributed by atoms with Crippen LogP contribution in [0.1, 0.15) is 31.4 Å². The van der Waals surface area contributed by atoms with Crippen LogP contribution in [0, 0.1) is 5.92 Å². The SMILES string of the molecule is CC1CC(C)N(CCc2ccccc2CN)C1. The lowest BCUT2D eigenvalue weighted by Gasteiger charge is -2.21. The number of nitrogens with zero attached hydrogens (tertiary/aromatic N) is 1. The highest BCUT2D eigenvalue weighted by Crippen LogP contribution is 2.22. The second-order valence-electron chi connectivity index (χ2n) is 5.41. The molecule has 0 aromatic heterocycles. The predicted octanol–water partition coefficient (Wildman–Crippen LogP) is 2.42. The van der Waals surface area contributed by atoms with Gasteiger partial charge in [0.1, 0.15) is 0 Å². The third kappa shape index (κ3) is 3.08. The first kappa shape index (κ1) is 12.6. The molecule has 1 aliphatic rings. The van der Waals surface area contributed by atoms with Gasteiger partial charge in [-0.25, -0.2) is 0 Å². The number of rotatable bonds is 4. The first-order valence-electron chi connectivity index (χ1n) is 6.71. The highest BCUT2D eigenvalue weighted by atomic mass is 15.2. The van der Waals surface area contributed by atoms with Crippen LogP contribution in [0.15, 0.2) is 24.3 Å². The summed E-state index contributed by atoms with van der Waals surface area (Å²) in [5.41, 5.74) is 8.49. The Kier molecular flexibility index (Phi) is 4.19. The third-order valence-corrected chi connectivity index (χ3v) is 3.92. The molecule has 0 spiro atoms. The molecule has 17 heavy (non-hydrogen) atoms. The van der Waals surface area contributed by atoms with Crippen LogP contribution in [0.2, 0.25) is 0 Å². The van der Waals surface area contributed by atoms with Crippen LogP contribution in [-0.4, -0.2) is 24.0 Å². The number of hydrogen-bond donors (Lipinski definition) is 1. The molecular weight excluding hydrogens is 208 g/mol. The van der Waals surface area contributed by atoms with Crippen LogP contribution >= 0.6 is 0 Å². The zero-order chi connectivity index (χ0) is 12.3. The van der Waals surface area contributed by atoms with Crippen LogP contribution < -0.4 is 5.73 Å². The first-order valence-corrected chi connectivity index (χ1v) is 6.71. The number of benzene rings is 1. The Morgan fingerprint density at radius 3 is 2.53 bits per heavy atom. The molecule has 2 nitrogen and oxygen atoms in total. The van der Waals surface area contributed by atoms with E-state index in [4.69, 9.17) is 5.73 Å². The minimum Gasteiger partial charge on any atom is -0.326 e. The molecule has 2 atom stereocenters. The number of nitrogens with two attached hydrogens (primary N) is 1. The van der Waals surface area contributed by atoms with Crippen LogP contribution in [0.25, 0.3) is 0 Å². The summed E-state index contributed by atoms with van der Waals surface area (Å²) in [4.78, 5) is 2.61. The molecule has 94 valence electrons. The second-order valence-corrected chi connectivity index (χ2v) is 5.41. The van der Waals surface area contributed by atoms with Gasteiger partial charge in [0.05, 0.1) is 0 Å². The Morgan fingerprint density at radius 1 is 1.24 bits per heavy atom. The average Bonchev–Trinajstić information content (AvgIpc) is 2.65. The number of likely N-dealkylation sites (tertiary alicyclic amines) is 1. The summed E-state index contributed by atoms with van der Waals surface area (Å²) in [6, 6.07) is 9.30. The minimum absolute atomic E-state index is 0.655. The van der Waals surface area contributed by atoms with Crippen LogP contribution in [0.4, 0.5) is 0 Å². The maximum absolute atomic E-state index is 5.77. The van der Waals surface area contributed by atoms with Gasteiger partial charge >= 0.3 is 0 Å². The van der Waals surface area contributed by atoms with Crippen molar-refractivity contribution in [2.45, 2.75) is 39.3 Å². The smallest absolute Gasteiger partial charge is 0.0180 e. The molecule has 0 aliphatic carbocycles. The fraction of sp³-hybridized carbons (Fsp3) is 0.600. The van der Waals surface area contributed by atoms with Gasteiger partial charge < -0.3 is 10.6 Å². The van der Waals surface area contributed by atoms with Crippen molar-refractivity contribution < 1.29 is 0 Å². The summed E-state index contributed by atoms with van der Waals surface area (Å²) in [6.45, 7) is 7.78. The molecule has 2 unspecified atom stereocenters. The van der Waals surface area contributed by atoms with Crippen molar-refractivity contribution in [1.29, 1.82) is 0 Å². The topological polar surface area (TPSA) is 29.3 Å². The molecule has 1 heterocycles. The summed E-state index contributed by atoms with van der Waals surface area (Å²) in [5.74, 6) is 0.856. The number of hydrogen-bond acceptors (Lipinski definition) is 2. The van der Waals surface area contributed by atoms with E-state index in [-0.39, 0.29) is 0 Å². The zero-order valence-electron chi connectivity index (χ0n) is 11.0. The van der Waals surface area contributed by atoms with E-state index in [2.05, 4.69) is 43.0 Å². The lowest BCUT2D eigenvalue weighted by molar-refractivity contribution is 0.268. The summed E-state index contributed by atoms with van der Waals surface area (Å²) in [6.07, 6.45) is 2.48. The lowest BCUT2D eigenvalue weighted by atomic mass is 10.0. The highest BCUT2D eigenvalue weighted by Gasteiger charge is 2.25. The van der Waals surface area contributed by atoms with Crippen molar-refractivity contribution in [3.63, 3.8) is 0 Å². The molecule has 1 fully saturated rings. The molecule has 2 N–H and O–H groups in total. The Morgan fingerprint density at radius 2 is 1.94 bits per heavy atom. The molecule has 0 bridgehead atoms. The Hall–Kier alpha value is -0.860. The predicted molar refractivity (Wildman–Crippen MR) is 72.9 cm³/mol. The van der Waals surface area contributed by atoms with Gasteiger partial charge in [-0.05, 0) is 36.8 Å². The highest BCUT2D eigenvalue weighted by molar-refractivity contribution is 5.27. The van der Waals surface area contributed by atoms with Crippen molar-refractivity contribution in [1.82, 2.24) is 4.90 Å². The molecule has 2 heteroatoms.